The largest absolute Gasteiger partial charge is 0.348 e. The van der Waals surface area contributed by atoms with Gasteiger partial charge in [0.25, 0.3) is 5.91 Å². The quantitative estimate of drug-likeness (QED) is 0.877. The van der Waals surface area contributed by atoms with Crippen LogP contribution in [0.5, 0.6) is 0 Å². The molecule has 0 saturated heterocycles. The van der Waals surface area contributed by atoms with Gasteiger partial charge >= 0.3 is 0 Å². The first-order chi connectivity index (χ1) is 8.15. The number of carbonyl (C=O) groups is 1. The molecule has 1 aliphatic carbocycles. The van der Waals surface area contributed by atoms with Crippen LogP contribution in [0.4, 0.5) is 0 Å². The highest BCUT2D eigenvalue weighted by molar-refractivity contribution is 6.30. The molecular weight excluding hydrogens is 309 g/mol. The van der Waals surface area contributed by atoms with Crippen LogP contribution in [0.25, 0.3) is 0 Å². The van der Waals surface area contributed by atoms with Gasteiger partial charge in [0.05, 0.1) is 5.02 Å². The van der Waals surface area contributed by atoms with Crippen molar-refractivity contribution in [2.24, 2.45) is 5.73 Å². The van der Waals surface area contributed by atoms with E-state index >= 15 is 0 Å². The average Bonchev–Trinajstić information content (AvgIpc) is 2.33. The molecule has 0 atom stereocenters. The predicted molar refractivity (Wildman–Crippen MR) is 81.4 cm³/mol. The molecule has 0 bridgehead atoms. The van der Waals surface area contributed by atoms with Crippen molar-refractivity contribution in [3.8, 4) is 0 Å². The van der Waals surface area contributed by atoms with Gasteiger partial charge in [-0.05, 0) is 37.8 Å². The van der Waals surface area contributed by atoms with Crippen molar-refractivity contribution in [3.63, 3.8) is 0 Å². The van der Waals surface area contributed by atoms with Gasteiger partial charge in [0.15, 0.2) is 0 Å². The number of carbonyl (C=O) groups excluding carboxylic acids is 1. The molecule has 2 rings (SSSR count). The SMILES string of the molecule is Cl.Cl.NC1CCC(NC(=O)c2ccc(Cl)cn2)CC1. The number of nitrogens with zero attached hydrogens (tertiary/aromatic N) is 1. The molecule has 7 heteroatoms. The first-order valence-electron chi connectivity index (χ1n) is 5.83. The van der Waals surface area contributed by atoms with Crippen LogP contribution in [-0.2, 0) is 0 Å². The van der Waals surface area contributed by atoms with E-state index < -0.39 is 0 Å². The van der Waals surface area contributed by atoms with Crippen molar-refractivity contribution in [2.45, 2.75) is 37.8 Å². The number of nitrogens with one attached hydrogen (secondary N) is 1. The highest BCUT2D eigenvalue weighted by atomic mass is 35.5. The van der Waals surface area contributed by atoms with E-state index in [9.17, 15) is 4.79 Å². The minimum Gasteiger partial charge on any atom is -0.348 e. The standard InChI is InChI=1S/C12H16ClN3O.2ClH/c13-8-1-6-11(15-7-8)12(17)16-10-4-2-9(14)3-5-10;;/h1,6-7,9-10H,2-5,14H2,(H,16,17);2*1H. The Morgan fingerprint density at radius 1 is 1.26 bits per heavy atom. The summed E-state index contributed by atoms with van der Waals surface area (Å²) in [6, 6.07) is 3.81. The fraction of sp³-hybridized carbons (Fsp3) is 0.500. The summed E-state index contributed by atoms with van der Waals surface area (Å²) in [5.74, 6) is -0.137. The van der Waals surface area contributed by atoms with E-state index in [2.05, 4.69) is 10.3 Å². The van der Waals surface area contributed by atoms with Crippen LogP contribution >= 0.6 is 36.4 Å². The van der Waals surface area contributed by atoms with Crippen molar-refractivity contribution < 1.29 is 4.79 Å². The van der Waals surface area contributed by atoms with Gasteiger partial charge in [0.2, 0.25) is 0 Å². The zero-order chi connectivity index (χ0) is 12.3. The summed E-state index contributed by atoms with van der Waals surface area (Å²) in [6.07, 6.45) is 5.31. The smallest absolute Gasteiger partial charge is 0.270 e. The Morgan fingerprint density at radius 2 is 1.89 bits per heavy atom. The molecule has 4 nitrogen and oxygen atoms in total. The summed E-state index contributed by atoms with van der Waals surface area (Å²) < 4.78 is 0. The molecule has 19 heavy (non-hydrogen) atoms. The van der Waals surface area contributed by atoms with Crippen LogP contribution in [-0.4, -0.2) is 23.0 Å². The monoisotopic (exact) mass is 325 g/mol. The topological polar surface area (TPSA) is 68.0 Å². The molecule has 1 aromatic rings. The van der Waals surface area contributed by atoms with E-state index in [0.29, 0.717) is 10.7 Å². The number of nitrogens with two attached hydrogens (primary N) is 1. The van der Waals surface area contributed by atoms with Crippen molar-refractivity contribution in [1.82, 2.24) is 10.3 Å². The van der Waals surface area contributed by atoms with E-state index in [1.807, 2.05) is 0 Å². The Hall–Kier alpha value is -0.550. The molecule has 1 aromatic heterocycles. The molecule has 0 spiro atoms. The maximum absolute atomic E-state index is 11.9. The fourth-order valence-corrected chi connectivity index (χ4v) is 2.14. The lowest BCUT2D eigenvalue weighted by molar-refractivity contribution is 0.0921. The summed E-state index contributed by atoms with van der Waals surface area (Å²) in [4.78, 5) is 15.8. The van der Waals surface area contributed by atoms with Crippen molar-refractivity contribution in [1.29, 1.82) is 0 Å². The van der Waals surface area contributed by atoms with Crippen molar-refractivity contribution in [2.75, 3.05) is 0 Å². The zero-order valence-corrected chi connectivity index (χ0v) is 12.7. The molecule has 1 aliphatic rings. The first kappa shape index (κ1) is 18.4. The summed E-state index contributed by atoms with van der Waals surface area (Å²) in [7, 11) is 0. The maximum atomic E-state index is 11.9. The molecule has 1 heterocycles. The van der Waals surface area contributed by atoms with Crippen LogP contribution in [0, 0.1) is 0 Å². The Bertz CT molecular complexity index is 392. The number of hydrogen-bond acceptors (Lipinski definition) is 3. The van der Waals surface area contributed by atoms with E-state index in [1.165, 1.54) is 6.20 Å². The summed E-state index contributed by atoms with van der Waals surface area (Å²) in [6.45, 7) is 0. The first-order valence-corrected chi connectivity index (χ1v) is 6.21. The maximum Gasteiger partial charge on any atom is 0.270 e. The van der Waals surface area contributed by atoms with Gasteiger partial charge < -0.3 is 11.1 Å². The van der Waals surface area contributed by atoms with Crippen LogP contribution in [0.3, 0.4) is 0 Å². The van der Waals surface area contributed by atoms with Crippen molar-refractivity contribution in [3.05, 3.63) is 29.0 Å². The molecule has 1 amide bonds. The molecule has 3 N–H and O–H groups in total. The van der Waals surface area contributed by atoms with Gasteiger partial charge in [-0.25, -0.2) is 4.98 Å². The third-order valence-corrected chi connectivity index (χ3v) is 3.29. The highest BCUT2D eigenvalue weighted by Crippen LogP contribution is 2.17. The molecule has 0 radical (unpaired) electrons. The lowest BCUT2D eigenvalue weighted by Gasteiger charge is -2.26. The normalized spacial score (nSPS) is 21.8. The Morgan fingerprint density at radius 3 is 2.42 bits per heavy atom. The van der Waals surface area contributed by atoms with Crippen LogP contribution in [0.15, 0.2) is 18.3 Å². The summed E-state index contributed by atoms with van der Waals surface area (Å²) in [5, 5.41) is 3.51. The van der Waals surface area contributed by atoms with Crippen LogP contribution < -0.4 is 11.1 Å². The summed E-state index contributed by atoms with van der Waals surface area (Å²) >= 11 is 5.72. The minimum atomic E-state index is -0.137. The lowest BCUT2D eigenvalue weighted by Crippen LogP contribution is -2.40. The minimum absolute atomic E-state index is 0. The predicted octanol–water partition coefficient (Wildman–Crippen LogP) is 2.58. The number of aromatic nitrogens is 1. The Labute approximate surface area is 130 Å². The lowest BCUT2D eigenvalue weighted by atomic mass is 9.92. The molecule has 0 aliphatic heterocycles. The molecule has 0 unspecified atom stereocenters. The Kier molecular flexibility index (Phi) is 8.34. The fourth-order valence-electron chi connectivity index (χ4n) is 2.03. The number of amides is 1. The zero-order valence-electron chi connectivity index (χ0n) is 10.3. The van der Waals surface area contributed by atoms with E-state index in [-0.39, 0.29) is 42.8 Å². The van der Waals surface area contributed by atoms with Crippen LogP contribution in [0.1, 0.15) is 36.2 Å². The number of hydrogen-bond donors (Lipinski definition) is 2. The van der Waals surface area contributed by atoms with Gasteiger partial charge in [0.1, 0.15) is 5.69 Å². The molecule has 108 valence electrons. The second kappa shape index (κ2) is 8.59. The van der Waals surface area contributed by atoms with Gasteiger partial charge in [-0.15, -0.1) is 24.8 Å². The van der Waals surface area contributed by atoms with E-state index in [4.69, 9.17) is 17.3 Å². The van der Waals surface area contributed by atoms with Gasteiger partial charge in [-0.3, -0.25) is 4.79 Å². The van der Waals surface area contributed by atoms with Gasteiger partial charge in [-0.1, -0.05) is 11.6 Å². The third kappa shape index (κ3) is 5.53. The summed E-state index contributed by atoms with van der Waals surface area (Å²) in [5.41, 5.74) is 6.22. The third-order valence-electron chi connectivity index (χ3n) is 3.07. The number of pyridine rings is 1. The number of rotatable bonds is 2. The van der Waals surface area contributed by atoms with Crippen LogP contribution in [0.2, 0.25) is 5.02 Å². The molecule has 0 aromatic carbocycles. The highest BCUT2D eigenvalue weighted by Gasteiger charge is 2.20. The molecule has 1 fully saturated rings. The van der Waals surface area contributed by atoms with Crippen molar-refractivity contribution >= 4 is 42.3 Å². The molecule has 1 saturated carbocycles. The van der Waals surface area contributed by atoms with E-state index in [1.54, 1.807) is 12.1 Å². The Balaban J connectivity index is 0.00000162. The second-order valence-corrected chi connectivity index (χ2v) is 4.88. The average molecular weight is 327 g/mol. The van der Waals surface area contributed by atoms with Gasteiger partial charge in [0, 0.05) is 18.3 Å². The number of halogens is 3. The molecular formula is C12H18Cl3N3O. The second-order valence-electron chi connectivity index (χ2n) is 4.45. The van der Waals surface area contributed by atoms with Gasteiger partial charge in [-0.2, -0.15) is 0 Å². The van der Waals surface area contributed by atoms with E-state index in [0.717, 1.165) is 25.7 Å².